The highest BCUT2D eigenvalue weighted by atomic mass is 79.9. The van der Waals surface area contributed by atoms with Crippen molar-refractivity contribution in [3.63, 3.8) is 0 Å². The summed E-state index contributed by atoms with van der Waals surface area (Å²) in [4.78, 5) is 39.4. The van der Waals surface area contributed by atoms with Gasteiger partial charge in [0, 0.05) is 21.5 Å². The summed E-state index contributed by atoms with van der Waals surface area (Å²) < 4.78 is 6.35. The van der Waals surface area contributed by atoms with E-state index in [4.69, 9.17) is 4.74 Å². The van der Waals surface area contributed by atoms with E-state index in [0.29, 0.717) is 17.7 Å². The molecule has 1 heterocycles. The molecular formula is C22H19BrO4. The molecule has 0 bridgehead atoms. The molecule has 0 N–H and O–H groups in total. The fourth-order valence-electron chi connectivity index (χ4n) is 4.93. The van der Waals surface area contributed by atoms with Crippen LogP contribution in [0.4, 0.5) is 0 Å². The Morgan fingerprint density at radius 3 is 2.41 bits per heavy atom. The second-order valence-corrected chi connectivity index (χ2v) is 8.30. The van der Waals surface area contributed by atoms with Crippen LogP contribution in [0, 0.1) is 17.8 Å². The highest BCUT2D eigenvalue weighted by molar-refractivity contribution is 9.10. The highest BCUT2D eigenvalue weighted by Gasteiger charge is 2.87. The van der Waals surface area contributed by atoms with E-state index in [9.17, 15) is 14.4 Å². The second kappa shape index (κ2) is 5.86. The first-order chi connectivity index (χ1) is 12.8. The molecule has 4 rings (SSSR count). The fourth-order valence-corrected chi connectivity index (χ4v) is 5.31. The van der Waals surface area contributed by atoms with E-state index in [0.717, 1.165) is 15.6 Å². The van der Waals surface area contributed by atoms with Crippen LogP contribution in [0.2, 0.25) is 0 Å². The van der Waals surface area contributed by atoms with E-state index in [1.54, 1.807) is 24.3 Å². The zero-order valence-corrected chi connectivity index (χ0v) is 16.9. The molecule has 0 aromatic heterocycles. The first kappa shape index (κ1) is 18.1. The van der Waals surface area contributed by atoms with Crippen molar-refractivity contribution in [3.05, 3.63) is 63.6 Å². The van der Waals surface area contributed by atoms with Crippen LogP contribution in [0.5, 0.6) is 5.75 Å². The molecule has 138 valence electrons. The summed E-state index contributed by atoms with van der Waals surface area (Å²) in [5.74, 6) is -1.18. The van der Waals surface area contributed by atoms with Crippen LogP contribution in [-0.2, 0) is 9.59 Å². The van der Waals surface area contributed by atoms with Gasteiger partial charge in [0.1, 0.15) is 16.9 Å². The molecule has 1 aliphatic heterocycles. The molecule has 2 aromatic rings. The van der Waals surface area contributed by atoms with Gasteiger partial charge in [-0.1, -0.05) is 52.7 Å². The summed E-state index contributed by atoms with van der Waals surface area (Å²) in [5, 5.41) is 0. The maximum Gasteiger partial charge on any atom is 0.326 e. The zero-order valence-electron chi connectivity index (χ0n) is 15.3. The van der Waals surface area contributed by atoms with Gasteiger partial charge in [0.05, 0.1) is 5.41 Å². The van der Waals surface area contributed by atoms with Gasteiger partial charge in [-0.05, 0) is 38.5 Å². The standard InChI is InChI=1S/C22H19BrO4/c1-4-21(19(25)14-7-5-12(2)6-8-14)18-16-11-15(23)9-10-17(16)27-20(26)22(18,21)13(3)24/h5-11,18H,4H2,1-3H3/t18-,21-,22+/m1/s1. The first-order valence-electron chi connectivity index (χ1n) is 8.95. The van der Waals surface area contributed by atoms with Gasteiger partial charge in [0.2, 0.25) is 0 Å². The fraction of sp³-hybridized carbons (Fsp3) is 0.318. The Morgan fingerprint density at radius 1 is 1.15 bits per heavy atom. The van der Waals surface area contributed by atoms with Gasteiger partial charge in [0.25, 0.3) is 0 Å². The van der Waals surface area contributed by atoms with E-state index in [1.165, 1.54) is 6.92 Å². The molecule has 5 heteroatoms. The van der Waals surface area contributed by atoms with Crippen LogP contribution in [-0.4, -0.2) is 17.5 Å². The Morgan fingerprint density at radius 2 is 1.81 bits per heavy atom. The Kier molecular flexibility index (Phi) is 3.93. The number of halogens is 1. The molecule has 1 fully saturated rings. The van der Waals surface area contributed by atoms with Gasteiger partial charge < -0.3 is 4.74 Å². The topological polar surface area (TPSA) is 60.4 Å². The number of hydrogen-bond donors (Lipinski definition) is 0. The molecule has 2 aliphatic rings. The number of fused-ring (bicyclic) bond motifs is 3. The molecule has 1 aliphatic carbocycles. The smallest absolute Gasteiger partial charge is 0.326 e. The quantitative estimate of drug-likeness (QED) is 0.309. The molecular weight excluding hydrogens is 408 g/mol. The molecule has 0 amide bonds. The molecule has 2 aromatic carbocycles. The number of benzene rings is 2. The van der Waals surface area contributed by atoms with E-state index < -0.39 is 22.7 Å². The van der Waals surface area contributed by atoms with E-state index >= 15 is 0 Å². The average molecular weight is 427 g/mol. The third-order valence-corrected chi connectivity index (χ3v) is 6.68. The lowest BCUT2D eigenvalue weighted by atomic mass is 9.81. The van der Waals surface area contributed by atoms with Gasteiger partial charge in [-0.2, -0.15) is 0 Å². The zero-order chi connectivity index (χ0) is 19.6. The average Bonchev–Trinajstić information content (AvgIpc) is 3.29. The van der Waals surface area contributed by atoms with Gasteiger partial charge >= 0.3 is 5.97 Å². The molecule has 0 unspecified atom stereocenters. The predicted octanol–water partition coefficient (Wildman–Crippen LogP) is 4.63. The van der Waals surface area contributed by atoms with Crippen LogP contribution < -0.4 is 4.74 Å². The number of rotatable bonds is 4. The second-order valence-electron chi connectivity index (χ2n) is 7.39. The van der Waals surface area contributed by atoms with Crippen molar-refractivity contribution in [1.29, 1.82) is 0 Å². The summed E-state index contributed by atoms with van der Waals surface area (Å²) in [5.41, 5.74) is -0.266. The highest BCUT2D eigenvalue weighted by Crippen LogP contribution is 2.80. The molecule has 0 spiro atoms. The Hall–Kier alpha value is -2.27. The molecule has 3 atom stereocenters. The van der Waals surface area contributed by atoms with Gasteiger partial charge in [0.15, 0.2) is 5.78 Å². The third kappa shape index (κ3) is 2.12. The Bertz CT molecular complexity index is 994. The molecule has 4 nitrogen and oxygen atoms in total. The minimum atomic E-state index is -1.45. The van der Waals surface area contributed by atoms with Crippen LogP contribution in [0.25, 0.3) is 0 Å². The van der Waals surface area contributed by atoms with Gasteiger partial charge in [-0.15, -0.1) is 0 Å². The van der Waals surface area contributed by atoms with E-state index in [2.05, 4.69) is 15.9 Å². The van der Waals surface area contributed by atoms with Crippen molar-refractivity contribution in [2.24, 2.45) is 10.8 Å². The summed E-state index contributed by atoms with van der Waals surface area (Å²) >= 11 is 3.45. The Labute approximate surface area is 166 Å². The van der Waals surface area contributed by atoms with Gasteiger partial charge in [-0.3, -0.25) is 14.4 Å². The number of ketones is 2. The van der Waals surface area contributed by atoms with Crippen LogP contribution in [0.3, 0.4) is 0 Å². The normalized spacial score (nSPS) is 28.0. The van der Waals surface area contributed by atoms with E-state index in [-0.39, 0.29) is 11.6 Å². The largest absolute Gasteiger partial charge is 0.425 e. The molecule has 0 saturated heterocycles. The maximum absolute atomic E-state index is 13.6. The minimum Gasteiger partial charge on any atom is -0.425 e. The van der Waals surface area contributed by atoms with Crippen molar-refractivity contribution in [2.45, 2.75) is 33.1 Å². The van der Waals surface area contributed by atoms with Crippen LogP contribution in [0.15, 0.2) is 46.9 Å². The van der Waals surface area contributed by atoms with Crippen molar-refractivity contribution in [1.82, 2.24) is 0 Å². The summed E-state index contributed by atoms with van der Waals surface area (Å²) in [7, 11) is 0. The maximum atomic E-state index is 13.6. The lowest BCUT2D eigenvalue weighted by Gasteiger charge is -2.22. The van der Waals surface area contributed by atoms with Crippen LogP contribution >= 0.6 is 15.9 Å². The molecule has 1 saturated carbocycles. The number of ether oxygens (including phenoxy) is 1. The number of hydrogen-bond acceptors (Lipinski definition) is 4. The van der Waals surface area contributed by atoms with Crippen molar-refractivity contribution in [3.8, 4) is 5.75 Å². The lowest BCUT2D eigenvalue weighted by Crippen LogP contribution is -2.38. The summed E-state index contributed by atoms with van der Waals surface area (Å²) in [6.45, 7) is 5.19. The number of aryl methyl sites for hydroxylation is 1. The van der Waals surface area contributed by atoms with Crippen molar-refractivity contribution < 1.29 is 19.1 Å². The van der Waals surface area contributed by atoms with Gasteiger partial charge in [-0.25, -0.2) is 0 Å². The van der Waals surface area contributed by atoms with E-state index in [1.807, 2.05) is 32.0 Å². The first-order valence-corrected chi connectivity index (χ1v) is 9.74. The Balaban J connectivity index is 1.95. The lowest BCUT2D eigenvalue weighted by molar-refractivity contribution is -0.148. The van der Waals surface area contributed by atoms with Crippen molar-refractivity contribution in [2.75, 3.05) is 0 Å². The summed E-state index contributed by atoms with van der Waals surface area (Å²) in [6.07, 6.45) is 0.380. The number of carbonyl (C=O) groups is 3. The van der Waals surface area contributed by atoms with Crippen molar-refractivity contribution >= 4 is 33.5 Å². The predicted molar refractivity (Wildman–Crippen MR) is 104 cm³/mol. The van der Waals surface area contributed by atoms with Crippen LogP contribution in [0.1, 0.15) is 47.7 Å². The summed E-state index contributed by atoms with van der Waals surface area (Å²) in [6, 6.07) is 12.6. The number of Topliss-reactive ketones (excluding diaryl/α,β-unsaturated/α-hetero) is 2. The number of carbonyl (C=O) groups excluding carboxylic acids is 3. The third-order valence-electron chi connectivity index (χ3n) is 6.19. The molecule has 0 radical (unpaired) electrons. The monoisotopic (exact) mass is 426 g/mol. The molecule has 27 heavy (non-hydrogen) atoms. The minimum absolute atomic E-state index is 0.171. The SMILES string of the molecule is CC[C@]1(C(=O)c2ccc(C)cc2)[C@H]2c3cc(Br)ccc3OC(=O)[C@]21C(C)=O. The number of esters is 1.